The molecule has 1 heterocycles. The van der Waals surface area contributed by atoms with E-state index in [0.29, 0.717) is 21.2 Å². The minimum atomic E-state index is -4.37. The van der Waals surface area contributed by atoms with Gasteiger partial charge in [-0.25, -0.2) is 0 Å². The Kier molecular flexibility index (Phi) is 6.62. The molecule has 1 N–H and O–H groups in total. The van der Waals surface area contributed by atoms with Crippen LogP contribution in [0.3, 0.4) is 0 Å². The molecule has 0 unspecified atom stereocenters. The van der Waals surface area contributed by atoms with E-state index in [-0.39, 0.29) is 18.9 Å². The molecular formula is C21H16F3NO3S2. The Morgan fingerprint density at radius 2 is 1.63 bits per heavy atom. The second-order valence-corrected chi connectivity index (χ2v) is 8.20. The standard InChI is InChI=1S/C21H16F3NO3S2/c22-21(23,24)16-9-7-15(8-10-16)14-5-3-13(4-6-14)12-17-19(28)25(20(29)30-17)11-1-2-18(26)27/h3-10,12H,1-2,11H2,(H,26,27)/b17-12-. The molecular weight excluding hydrogens is 435 g/mol. The molecule has 156 valence electrons. The van der Waals surface area contributed by atoms with E-state index in [9.17, 15) is 22.8 Å². The highest BCUT2D eigenvalue weighted by atomic mass is 32.2. The van der Waals surface area contributed by atoms with Crippen molar-refractivity contribution in [2.75, 3.05) is 6.54 Å². The number of carbonyl (C=O) groups excluding carboxylic acids is 1. The van der Waals surface area contributed by atoms with Gasteiger partial charge in [0, 0.05) is 13.0 Å². The van der Waals surface area contributed by atoms with Gasteiger partial charge < -0.3 is 5.11 Å². The van der Waals surface area contributed by atoms with Gasteiger partial charge in [0.25, 0.3) is 5.91 Å². The second-order valence-electron chi connectivity index (χ2n) is 6.53. The number of amides is 1. The Balaban J connectivity index is 1.70. The molecule has 4 nitrogen and oxygen atoms in total. The van der Waals surface area contributed by atoms with Crippen molar-refractivity contribution < 1.29 is 27.9 Å². The molecule has 9 heteroatoms. The number of aliphatic carboxylic acids is 1. The Morgan fingerprint density at radius 1 is 1.07 bits per heavy atom. The Bertz CT molecular complexity index is 1000. The third-order valence-corrected chi connectivity index (χ3v) is 5.78. The molecule has 0 atom stereocenters. The average molecular weight is 451 g/mol. The summed E-state index contributed by atoms with van der Waals surface area (Å²) in [5.41, 5.74) is 1.45. The lowest BCUT2D eigenvalue weighted by Crippen LogP contribution is -2.29. The summed E-state index contributed by atoms with van der Waals surface area (Å²) in [5, 5.41) is 8.72. The normalized spacial score (nSPS) is 15.8. The summed E-state index contributed by atoms with van der Waals surface area (Å²) in [6.45, 7) is 0.251. The Morgan fingerprint density at radius 3 is 2.17 bits per heavy atom. The molecule has 0 bridgehead atoms. The lowest BCUT2D eigenvalue weighted by molar-refractivity contribution is -0.138. The molecule has 0 spiro atoms. The van der Waals surface area contributed by atoms with Gasteiger partial charge in [0.2, 0.25) is 0 Å². The highest BCUT2D eigenvalue weighted by Gasteiger charge is 2.32. The van der Waals surface area contributed by atoms with Crippen molar-refractivity contribution >= 4 is 46.3 Å². The van der Waals surface area contributed by atoms with E-state index in [0.717, 1.165) is 35.0 Å². The number of carboxylic acid groups (broad SMARTS) is 1. The topological polar surface area (TPSA) is 57.6 Å². The first-order chi connectivity index (χ1) is 14.1. The summed E-state index contributed by atoms with van der Waals surface area (Å²) < 4.78 is 38.4. The third kappa shape index (κ3) is 5.28. The van der Waals surface area contributed by atoms with Crippen LogP contribution in [0.2, 0.25) is 0 Å². The number of nitrogens with zero attached hydrogens (tertiary/aromatic N) is 1. The van der Waals surface area contributed by atoms with Crippen molar-refractivity contribution in [3.8, 4) is 11.1 Å². The van der Waals surface area contributed by atoms with E-state index < -0.39 is 17.7 Å². The van der Waals surface area contributed by atoms with Gasteiger partial charge in [-0.3, -0.25) is 14.5 Å². The molecule has 1 saturated heterocycles. The summed E-state index contributed by atoms with van der Waals surface area (Å²) in [7, 11) is 0. The maximum Gasteiger partial charge on any atom is 0.416 e. The van der Waals surface area contributed by atoms with Crippen LogP contribution in [0.5, 0.6) is 0 Å². The largest absolute Gasteiger partial charge is 0.481 e. The number of hydrogen-bond donors (Lipinski definition) is 1. The summed E-state index contributed by atoms with van der Waals surface area (Å²) in [4.78, 5) is 25.0. The lowest BCUT2D eigenvalue weighted by Gasteiger charge is -2.13. The fraction of sp³-hybridized carbons (Fsp3) is 0.190. The number of hydrogen-bond acceptors (Lipinski definition) is 4. The Labute approximate surface area is 180 Å². The van der Waals surface area contributed by atoms with Crippen LogP contribution >= 0.6 is 24.0 Å². The van der Waals surface area contributed by atoms with Crippen LogP contribution in [-0.2, 0) is 15.8 Å². The fourth-order valence-corrected chi connectivity index (χ4v) is 4.16. The number of carbonyl (C=O) groups is 2. The quantitative estimate of drug-likeness (QED) is 0.468. The molecule has 30 heavy (non-hydrogen) atoms. The predicted octanol–water partition coefficient (Wildman–Crippen LogP) is 5.44. The van der Waals surface area contributed by atoms with Crippen LogP contribution in [0.1, 0.15) is 24.0 Å². The predicted molar refractivity (Wildman–Crippen MR) is 114 cm³/mol. The van der Waals surface area contributed by atoms with Crippen molar-refractivity contribution in [1.82, 2.24) is 4.90 Å². The van der Waals surface area contributed by atoms with Gasteiger partial charge >= 0.3 is 12.1 Å². The number of benzene rings is 2. The molecule has 3 rings (SSSR count). The number of carboxylic acids is 1. The van der Waals surface area contributed by atoms with E-state index >= 15 is 0 Å². The molecule has 1 amide bonds. The van der Waals surface area contributed by atoms with Gasteiger partial charge in [-0.1, -0.05) is 60.4 Å². The maximum absolute atomic E-state index is 12.7. The van der Waals surface area contributed by atoms with Crippen LogP contribution in [0.4, 0.5) is 13.2 Å². The fourth-order valence-electron chi connectivity index (χ4n) is 2.86. The van der Waals surface area contributed by atoms with Crippen LogP contribution in [-0.4, -0.2) is 32.7 Å². The molecule has 2 aromatic carbocycles. The van der Waals surface area contributed by atoms with E-state index in [2.05, 4.69) is 0 Å². The van der Waals surface area contributed by atoms with Crippen molar-refractivity contribution in [3.05, 3.63) is 64.6 Å². The molecule has 1 aliphatic rings. The van der Waals surface area contributed by atoms with Gasteiger partial charge in [-0.05, 0) is 41.3 Å². The van der Waals surface area contributed by atoms with E-state index in [1.54, 1.807) is 30.3 Å². The molecule has 0 aromatic heterocycles. The van der Waals surface area contributed by atoms with Crippen molar-refractivity contribution in [2.24, 2.45) is 0 Å². The zero-order chi connectivity index (χ0) is 21.9. The number of alkyl halides is 3. The molecule has 2 aromatic rings. The van der Waals surface area contributed by atoms with Crippen molar-refractivity contribution in [3.63, 3.8) is 0 Å². The SMILES string of the molecule is O=C(O)CCCN1C(=O)/C(=C/c2ccc(-c3ccc(C(F)(F)F)cc3)cc2)SC1=S. The van der Waals surface area contributed by atoms with Gasteiger partial charge in [-0.2, -0.15) is 13.2 Å². The van der Waals surface area contributed by atoms with Gasteiger partial charge in [0.15, 0.2) is 0 Å². The van der Waals surface area contributed by atoms with Gasteiger partial charge in [-0.15, -0.1) is 0 Å². The summed E-state index contributed by atoms with van der Waals surface area (Å²) in [5.74, 6) is -1.19. The number of rotatable bonds is 6. The van der Waals surface area contributed by atoms with Gasteiger partial charge in [0.05, 0.1) is 10.5 Å². The summed E-state index contributed by atoms with van der Waals surface area (Å²) >= 11 is 6.37. The maximum atomic E-state index is 12.7. The van der Waals surface area contributed by atoms with E-state index in [1.807, 2.05) is 0 Å². The van der Waals surface area contributed by atoms with Crippen molar-refractivity contribution in [1.29, 1.82) is 0 Å². The highest BCUT2D eigenvalue weighted by Crippen LogP contribution is 2.34. The molecule has 1 fully saturated rings. The second kappa shape index (κ2) is 9.01. The van der Waals surface area contributed by atoms with E-state index in [4.69, 9.17) is 17.3 Å². The summed E-state index contributed by atoms with van der Waals surface area (Å²) in [6, 6.07) is 12.0. The monoisotopic (exact) mass is 451 g/mol. The summed E-state index contributed by atoms with van der Waals surface area (Å²) in [6.07, 6.45) is -2.41. The van der Waals surface area contributed by atoms with Crippen molar-refractivity contribution in [2.45, 2.75) is 19.0 Å². The smallest absolute Gasteiger partial charge is 0.416 e. The highest BCUT2D eigenvalue weighted by molar-refractivity contribution is 8.26. The number of halogens is 3. The van der Waals surface area contributed by atoms with Crippen LogP contribution in [0.25, 0.3) is 17.2 Å². The zero-order valence-corrected chi connectivity index (χ0v) is 17.1. The van der Waals surface area contributed by atoms with Crippen LogP contribution < -0.4 is 0 Å². The number of thioether (sulfide) groups is 1. The molecule has 1 aliphatic heterocycles. The Hall–Kier alpha value is -2.65. The lowest BCUT2D eigenvalue weighted by atomic mass is 10.0. The first-order valence-corrected chi connectivity index (χ1v) is 10.1. The first kappa shape index (κ1) is 22.0. The third-order valence-electron chi connectivity index (χ3n) is 4.40. The first-order valence-electron chi connectivity index (χ1n) is 8.90. The average Bonchev–Trinajstić information content (AvgIpc) is 2.95. The minimum absolute atomic E-state index is 0.0402. The molecule has 0 radical (unpaired) electrons. The van der Waals surface area contributed by atoms with Gasteiger partial charge in [0.1, 0.15) is 4.32 Å². The zero-order valence-electron chi connectivity index (χ0n) is 15.5. The minimum Gasteiger partial charge on any atom is -0.481 e. The van der Waals surface area contributed by atoms with E-state index in [1.165, 1.54) is 17.0 Å². The number of thiocarbonyl (C=S) groups is 1. The van der Waals surface area contributed by atoms with Crippen LogP contribution in [0.15, 0.2) is 53.4 Å². The molecule has 0 saturated carbocycles. The van der Waals surface area contributed by atoms with Crippen LogP contribution in [0, 0.1) is 0 Å². The molecule has 0 aliphatic carbocycles.